The summed E-state index contributed by atoms with van der Waals surface area (Å²) in [5, 5.41) is -0.107. The lowest BCUT2D eigenvalue weighted by atomic mass is 9.95. The van der Waals surface area contributed by atoms with E-state index in [1.807, 2.05) is 67.6 Å². The Morgan fingerprint density at radius 1 is 1.13 bits per heavy atom. The molecule has 2 aliphatic rings. The van der Waals surface area contributed by atoms with Gasteiger partial charge in [-0.1, -0.05) is 66.7 Å². The molecule has 4 rings (SSSR count). The Kier molecular flexibility index (Phi) is 5.39. The van der Waals surface area contributed by atoms with Gasteiger partial charge in [-0.2, -0.15) is 0 Å². The fourth-order valence-corrected chi connectivity index (χ4v) is 5.58. The summed E-state index contributed by atoms with van der Waals surface area (Å²) in [5.74, 6) is -1.20. The number of primary amides is 1. The molecule has 2 amide bonds. The molecule has 0 bridgehead atoms. The van der Waals surface area contributed by atoms with Gasteiger partial charge in [0.2, 0.25) is 11.8 Å². The van der Waals surface area contributed by atoms with E-state index in [0.717, 1.165) is 11.1 Å². The molecule has 2 heterocycles. The molecule has 2 fully saturated rings. The number of hydrogen-bond donors (Lipinski definition) is 1. The molecule has 6 nitrogen and oxygen atoms in total. The van der Waals surface area contributed by atoms with Crippen LogP contribution in [0.5, 0.6) is 0 Å². The second-order valence-corrected chi connectivity index (χ2v) is 9.20. The Bertz CT molecular complexity index is 955. The summed E-state index contributed by atoms with van der Waals surface area (Å²) in [5.41, 5.74) is 6.94. The van der Waals surface area contributed by atoms with Crippen molar-refractivity contribution in [3.8, 4) is 0 Å². The third-order valence-corrected chi connectivity index (χ3v) is 6.93. The zero-order valence-electron chi connectivity index (χ0n) is 16.4. The van der Waals surface area contributed by atoms with Crippen LogP contribution >= 0.6 is 11.8 Å². The highest BCUT2D eigenvalue weighted by atomic mass is 32.2. The van der Waals surface area contributed by atoms with Gasteiger partial charge in [-0.25, -0.2) is 4.79 Å². The summed E-state index contributed by atoms with van der Waals surface area (Å²) in [6, 6.07) is 18.1. The van der Waals surface area contributed by atoms with Gasteiger partial charge in [-0.3, -0.25) is 9.59 Å². The number of rotatable bonds is 6. The molecule has 2 aliphatic heterocycles. The minimum atomic E-state index is -0.834. The van der Waals surface area contributed by atoms with Crippen molar-refractivity contribution in [2.24, 2.45) is 5.73 Å². The normalized spacial score (nSPS) is 25.3. The molecule has 154 valence electrons. The number of thioether (sulfide) groups is 1. The number of nitrogens with two attached hydrogens (primary N) is 1. The zero-order chi connectivity index (χ0) is 21.3. The first kappa shape index (κ1) is 20.2. The van der Waals surface area contributed by atoms with Crippen molar-refractivity contribution in [1.29, 1.82) is 0 Å². The molecule has 0 spiro atoms. The van der Waals surface area contributed by atoms with E-state index in [4.69, 9.17) is 10.5 Å². The summed E-state index contributed by atoms with van der Waals surface area (Å²) in [4.78, 5) is 38.5. The second kappa shape index (κ2) is 7.99. The van der Waals surface area contributed by atoms with Gasteiger partial charge in [0.1, 0.15) is 6.04 Å². The molecule has 2 aromatic carbocycles. The topological polar surface area (TPSA) is 89.7 Å². The summed E-state index contributed by atoms with van der Waals surface area (Å²) < 4.78 is 5.21. The largest absolute Gasteiger partial charge is 0.451 e. The molecule has 7 heteroatoms. The maximum absolute atomic E-state index is 13.4. The van der Waals surface area contributed by atoms with Crippen LogP contribution in [0.1, 0.15) is 30.6 Å². The van der Waals surface area contributed by atoms with Gasteiger partial charge >= 0.3 is 5.97 Å². The highest BCUT2D eigenvalue weighted by Gasteiger charge is 2.60. The Balaban J connectivity index is 1.67. The van der Waals surface area contributed by atoms with Gasteiger partial charge in [-0.15, -0.1) is 11.8 Å². The van der Waals surface area contributed by atoms with E-state index in [1.54, 1.807) is 11.0 Å². The molecule has 0 radical (unpaired) electrons. The van der Waals surface area contributed by atoms with Crippen molar-refractivity contribution in [3.63, 3.8) is 0 Å². The summed E-state index contributed by atoms with van der Waals surface area (Å²) >= 11 is 1.47. The minimum Gasteiger partial charge on any atom is -0.451 e. The van der Waals surface area contributed by atoms with Crippen LogP contribution in [0, 0.1) is 0 Å². The van der Waals surface area contributed by atoms with Crippen molar-refractivity contribution in [2.45, 2.75) is 35.6 Å². The number of benzene rings is 2. The average molecular weight is 423 g/mol. The number of esters is 1. The van der Waals surface area contributed by atoms with E-state index in [1.165, 1.54) is 17.8 Å². The van der Waals surface area contributed by atoms with Gasteiger partial charge in [-0.05, 0) is 18.1 Å². The number of amides is 2. The van der Waals surface area contributed by atoms with Crippen LogP contribution in [0.15, 0.2) is 72.8 Å². The lowest BCUT2D eigenvalue weighted by Crippen LogP contribution is -2.57. The predicted molar refractivity (Wildman–Crippen MR) is 114 cm³/mol. The Labute approximate surface area is 179 Å². The molecule has 0 unspecified atom stereocenters. The number of ether oxygens (including phenoxy) is 1. The van der Waals surface area contributed by atoms with Crippen molar-refractivity contribution in [1.82, 2.24) is 4.90 Å². The molecule has 0 aliphatic carbocycles. The van der Waals surface area contributed by atoms with Gasteiger partial charge in [0.05, 0.1) is 16.5 Å². The first-order valence-corrected chi connectivity index (χ1v) is 10.5. The average Bonchev–Trinajstić information content (AvgIpc) is 2.99. The maximum atomic E-state index is 13.4. The van der Waals surface area contributed by atoms with E-state index in [-0.39, 0.29) is 11.3 Å². The number of hydrogen-bond acceptors (Lipinski definition) is 5. The van der Waals surface area contributed by atoms with E-state index in [0.29, 0.717) is 6.42 Å². The second-order valence-electron chi connectivity index (χ2n) is 7.54. The van der Waals surface area contributed by atoms with Gasteiger partial charge in [0, 0.05) is 6.08 Å². The number of fused-ring (bicyclic) bond motifs is 1. The monoisotopic (exact) mass is 422 g/mol. The smallest absolute Gasteiger partial charge is 0.331 e. The summed E-state index contributed by atoms with van der Waals surface area (Å²) in [7, 11) is 0. The molecule has 2 aromatic rings. The fourth-order valence-electron chi connectivity index (χ4n) is 3.93. The molecule has 3 atom stereocenters. The lowest BCUT2D eigenvalue weighted by Gasteiger charge is -2.38. The van der Waals surface area contributed by atoms with E-state index in [9.17, 15) is 14.4 Å². The van der Waals surface area contributed by atoms with Crippen molar-refractivity contribution < 1.29 is 19.1 Å². The molecular weight excluding hydrogens is 400 g/mol. The van der Waals surface area contributed by atoms with Gasteiger partial charge in [0.25, 0.3) is 0 Å². The van der Waals surface area contributed by atoms with Crippen LogP contribution < -0.4 is 5.73 Å². The van der Waals surface area contributed by atoms with Crippen LogP contribution in [0.4, 0.5) is 0 Å². The maximum Gasteiger partial charge on any atom is 0.331 e. The highest BCUT2D eigenvalue weighted by molar-refractivity contribution is 8.01. The van der Waals surface area contributed by atoms with Crippen LogP contribution in [0.2, 0.25) is 0 Å². The number of nitrogens with zero attached hydrogens (tertiary/aromatic N) is 1. The highest BCUT2D eigenvalue weighted by Crippen LogP contribution is 2.52. The Hall–Kier alpha value is -3.06. The number of carbonyl (C=O) groups is 3. The summed E-state index contributed by atoms with van der Waals surface area (Å²) in [6.45, 7) is 1.83. The van der Waals surface area contributed by atoms with Crippen LogP contribution in [-0.4, -0.2) is 38.8 Å². The van der Waals surface area contributed by atoms with E-state index >= 15 is 0 Å². The van der Waals surface area contributed by atoms with Crippen LogP contribution in [-0.2, 0) is 19.1 Å². The van der Waals surface area contributed by atoms with Crippen LogP contribution in [0.3, 0.4) is 0 Å². The van der Waals surface area contributed by atoms with Gasteiger partial charge in [0.15, 0.2) is 6.10 Å². The number of carbonyl (C=O) groups excluding carboxylic acids is 3. The molecule has 0 aromatic heterocycles. The third kappa shape index (κ3) is 3.73. The predicted octanol–water partition coefficient (Wildman–Crippen LogP) is 2.79. The first-order chi connectivity index (χ1) is 14.4. The quantitative estimate of drug-likeness (QED) is 0.439. The SMILES string of the molecule is C[C@]1(/C=C/C(N)=O)S[C@@H]2CC(=O)N2[C@H]1C(=O)OC(c1ccccc1)c1ccccc1. The molecule has 30 heavy (non-hydrogen) atoms. The van der Waals surface area contributed by atoms with Crippen molar-refractivity contribution >= 4 is 29.5 Å². The van der Waals surface area contributed by atoms with Crippen molar-refractivity contribution in [2.75, 3.05) is 0 Å². The molecular formula is C23H22N2O4S. The summed E-state index contributed by atoms with van der Waals surface area (Å²) in [6.07, 6.45) is 2.62. The Morgan fingerprint density at radius 2 is 1.70 bits per heavy atom. The van der Waals surface area contributed by atoms with Crippen LogP contribution in [0.25, 0.3) is 0 Å². The fraction of sp³-hybridized carbons (Fsp3) is 0.261. The van der Waals surface area contributed by atoms with Crippen molar-refractivity contribution in [3.05, 3.63) is 83.9 Å². The van der Waals surface area contributed by atoms with E-state index in [2.05, 4.69) is 0 Å². The molecule has 2 saturated heterocycles. The third-order valence-electron chi connectivity index (χ3n) is 5.40. The van der Waals surface area contributed by atoms with E-state index < -0.39 is 28.8 Å². The molecule has 0 saturated carbocycles. The lowest BCUT2D eigenvalue weighted by molar-refractivity contribution is -0.163. The Morgan fingerprint density at radius 3 is 2.20 bits per heavy atom. The standard InChI is InChI=1S/C23H22N2O4S/c1-23(13-12-17(24)26)21(25-18(27)14-19(25)30-23)22(28)29-20(15-8-4-2-5-9-15)16-10-6-3-7-11-16/h2-13,19-21H,14H2,1H3,(H2,24,26)/b13-12+/t19-,21+,23-/m1/s1. The first-order valence-electron chi connectivity index (χ1n) is 9.67. The molecule has 2 N–H and O–H groups in total. The van der Waals surface area contributed by atoms with Gasteiger partial charge < -0.3 is 15.4 Å². The zero-order valence-corrected chi connectivity index (χ0v) is 17.2. The minimum absolute atomic E-state index is 0.0957. The number of β-lactam (4-membered cyclic amide) rings is 1.